The highest BCUT2D eigenvalue weighted by molar-refractivity contribution is 6.30. The molecule has 1 aliphatic carbocycles. The maximum absolute atomic E-state index is 12.5. The van der Waals surface area contributed by atoms with Crippen molar-refractivity contribution in [3.63, 3.8) is 0 Å². The molecule has 3 N–H and O–H groups in total. The molecule has 22 heavy (non-hydrogen) atoms. The lowest BCUT2D eigenvalue weighted by atomic mass is 9.77. The Bertz CT molecular complexity index is 862. The van der Waals surface area contributed by atoms with Gasteiger partial charge in [0.15, 0.2) is 5.78 Å². The van der Waals surface area contributed by atoms with Crippen molar-refractivity contribution in [3.05, 3.63) is 62.0 Å². The lowest BCUT2D eigenvalue weighted by molar-refractivity contribution is -0.116. The molecule has 0 saturated heterocycles. The zero-order valence-corrected chi connectivity index (χ0v) is 12.5. The lowest BCUT2D eigenvalue weighted by Gasteiger charge is -2.31. The third kappa shape index (κ3) is 1.93. The number of halogens is 1. The van der Waals surface area contributed by atoms with Crippen LogP contribution in [0.3, 0.4) is 0 Å². The van der Waals surface area contributed by atoms with Crippen molar-refractivity contribution in [1.29, 1.82) is 0 Å². The number of allylic oxidation sites excluding steroid dienone is 2. The molecule has 0 fully saturated rings. The summed E-state index contributed by atoms with van der Waals surface area (Å²) < 4.78 is 0. The molecular weight excluding hydrogens is 302 g/mol. The van der Waals surface area contributed by atoms with Crippen LogP contribution in [0.4, 0.5) is 5.82 Å². The van der Waals surface area contributed by atoms with Crippen LogP contribution in [0.1, 0.15) is 36.3 Å². The van der Waals surface area contributed by atoms with E-state index in [9.17, 15) is 9.59 Å². The molecule has 0 amide bonds. The number of fused-ring (bicyclic) bond motifs is 1. The van der Waals surface area contributed by atoms with Crippen LogP contribution in [-0.4, -0.2) is 16.0 Å². The van der Waals surface area contributed by atoms with Gasteiger partial charge < -0.3 is 5.32 Å². The summed E-state index contributed by atoms with van der Waals surface area (Å²) in [6.07, 6.45) is 2.16. The summed E-state index contributed by atoms with van der Waals surface area (Å²) in [5, 5.41) is 9.26. The number of benzene rings is 1. The van der Waals surface area contributed by atoms with Gasteiger partial charge in [-0.05, 0) is 30.5 Å². The number of carbonyl (C=O) groups excluding carboxylic acids is 1. The molecule has 5 nitrogen and oxygen atoms in total. The molecule has 4 rings (SSSR count). The number of rotatable bonds is 1. The third-order valence-electron chi connectivity index (χ3n) is 4.31. The van der Waals surface area contributed by atoms with Gasteiger partial charge in [0.05, 0.1) is 5.56 Å². The Morgan fingerprint density at radius 2 is 2.00 bits per heavy atom. The molecule has 0 spiro atoms. The van der Waals surface area contributed by atoms with Crippen LogP contribution < -0.4 is 10.9 Å². The lowest BCUT2D eigenvalue weighted by Crippen LogP contribution is -2.29. The van der Waals surface area contributed by atoms with E-state index in [1.807, 2.05) is 18.2 Å². The summed E-state index contributed by atoms with van der Waals surface area (Å²) in [5.41, 5.74) is 2.81. The van der Waals surface area contributed by atoms with Crippen molar-refractivity contribution < 1.29 is 4.79 Å². The van der Waals surface area contributed by atoms with Crippen molar-refractivity contribution in [3.8, 4) is 0 Å². The standard InChI is InChI=1S/C16H14ClN3O2/c17-9-4-1-3-8(7-9)12-13-10(5-2-6-11(13)21)18-15-14(12)16(22)20-19-15/h1,3-4,7,12H,2,5-6H2,(H3,18,19,20,22). The minimum atomic E-state index is -0.368. The van der Waals surface area contributed by atoms with Gasteiger partial charge in [-0.15, -0.1) is 0 Å². The first kappa shape index (κ1) is 13.4. The summed E-state index contributed by atoms with van der Waals surface area (Å²) in [6, 6.07) is 7.35. The summed E-state index contributed by atoms with van der Waals surface area (Å²) in [5.74, 6) is 0.376. The van der Waals surface area contributed by atoms with Crippen molar-refractivity contribution in [2.45, 2.75) is 25.2 Å². The first-order valence-electron chi connectivity index (χ1n) is 7.24. The number of H-pyrrole nitrogens is 2. The monoisotopic (exact) mass is 315 g/mol. The molecule has 1 aromatic heterocycles. The topological polar surface area (TPSA) is 77.8 Å². The van der Waals surface area contributed by atoms with Crippen LogP contribution in [-0.2, 0) is 4.79 Å². The molecule has 0 saturated carbocycles. The van der Waals surface area contributed by atoms with E-state index in [-0.39, 0.29) is 17.3 Å². The number of aromatic amines is 2. The van der Waals surface area contributed by atoms with Gasteiger partial charge >= 0.3 is 0 Å². The molecule has 0 radical (unpaired) electrons. The van der Waals surface area contributed by atoms with Gasteiger partial charge in [-0.3, -0.25) is 19.8 Å². The second kappa shape index (κ2) is 4.88. The summed E-state index contributed by atoms with van der Waals surface area (Å²) >= 11 is 6.11. The SMILES string of the molecule is O=C1CCCC2=C1C(c1cccc(Cl)c1)c1c([nH][nH]c1=O)N2. The molecule has 6 heteroatoms. The number of aromatic nitrogens is 2. The number of hydrogen-bond donors (Lipinski definition) is 3. The van der Waals surface area contributed by atoms with Gasteiger partial charge in [0.2, 0.25) is 0 Å². The highest BCUT2D eigenvalue weighted by Crippen LogP contribution is 2.43. The predicted octanol–water partition coefficient (Wildman–Crippen LogP) is 2.92. The van der Waals surface area contributed by atoms with Crippen molar-refractivity contribution in [2.24, 2.45) is 0 Å². The third-order valence-corrected chi connectivity index (χ3v) is 4.54. The second-order valence-corrected chi connectivity index (χ2v) is 6.09. The van der Waals surface area contributed by atoms with E-state index in [0.717, 1.165) is 24.1 Å². The summed E-state index contributed by atoms with van der Waals surface area (Å²) in [4.78, 5) is 24.7. The summed E-state index contributed by atoms with van der Waals surface area (Å²) in [6.45, 7) is 0. The Hall–Kier alpha value is -2.27. The highest BCUT2D eigenvalue weighted by Gasteiger charge is 2.37. The Morgan fingerprint density at radius 3 is 2.82 bits per heavy atom. The number of anilines is 1. The van der Waals surface area contributed by atoms with E-state index in [1.165, 1.54) is 0 Å². The number of ketones is 1. The first-order valence-corrected chi connectivity index (χ1v) is 7.62. The normalized spacial score (nSPS) is 20.4. The number of nitrogens with one attached hydrogen (secondary N) is 3. The molecule has 0 bridgehead atoms. The van der Waals surface area contributed by atoms with Crippen LogP contribution in [0.15, 0.2) is 40.3 Å². The van der Waals surface area contributed by atoms with Crippen molar-refractivity contribution >= 4 is 23.2 Å². The number of carbonyl (C=O) groups is 1. The van der Waals surface area contributed by atoms with Crippen molar-refractivity contribution in [2.75, 3.05) is 5.32 Å². The van der Waals surface area contributed by atoms with Gasteiger partial charge in [-0.2, -0.15) is 0 Å². The predicted molar refractivity (Wildman–Crippen MR) is 84.2 cm³/mol. The van der Waals surface area contributed by atoms with E-state index >= 15 is 0 Å². The molecule has 2 aliphatic rings. The molecule has 1 aliphatic heterocycles. The second-order valence-electron chi connectivity index (χ2n) is 5.65. The maximum atomic E-state index is 12.5. The van der Waals surface area contributed by atoms with Gasteiger partial charge in [-0.1, -0.05) is 23.7 Å². The van der Waals surface area contributed by atoms with E-state index in [0.29, 0.717) is 28.4 Å². The molecule has 1 unspecified atom stereocenters. The zero-order valence-electron chi connectivity index (χ0n) is 11.7. The van der Waals surface area contributed by atoms with Gasteiger partial charge in [0.25, 0.3) is 5.56 Å². The Morgan fingerprint density at radius 1 is 1.14 bits per heavy atom. The first-order chi connectivity index (χ1) is 10.6. The fourth-order valence-corrected chi connectivity index (χ4v) is 3.58. The molecule has 1 aromatic carbocycles. The van der Waals surface area contributed by atoms with Crippen LogP contribution in [0, 0.1) is 0 Å². The minimum Gasteiger partial charge on any atom is -0.343 e. The van der Waals surface area contributed by atoms with Gasteiger partial charge in [0.1, 0.15) is 5.82 Å². The largest absolute Gasteiger partial charge is 0.343 e. The quantitative estimate of drug-likeness (QED) is 0.757. The fraction of sp³-hybridized carbons (Fsp3) is 0.250. The molecule has 2 aromatic rings. The smallest absolute Gasteiger partial charge is 0.270 e. The molecule has 112 valence electrons. The molecule has 2 heterocycles. The highest BCUT2D eigenvalue weighted by atomic mass is 35.5. The van der Waals surface area contributed by atoms with E-state index < -0.39 is 0 Å². The minimum absolute atomic E-state index is 0.102. The van der Waals surface area contributed by atoms with E-state index in [2.05, 4.69) is 15.5 Å². The Kier molecular flexibility index (Phi) is 2.97. The zero-order chi connectivity index (χ0) is 15.3. The Balaban J connectivity index is 1.98. The fourth-order valence-electron chi connectivity index (χ4n) is 3.38. The average molecular weight is 316 g/mol. The Labute approximate surface area is 131 Å². The van der Waals surface area contributed by atoms with Crippen molar-refractivity contribution in [1.82, 2.24) is 10.2 Å². The van der Waals surface area contributed by atoms with Crippen LogP contribution in [0.25, 0.3) is 0 Å². The van der Waals surface area contributed by atoms with Gasteiger partial charge in [0, 0.05) is 28.6 Å². The van der Waals surface area contributed by atoms with Gasteiger partial charge in [-0.25, -0.2) is 0 Å². The summed E-state index contributed by atoms with van der Waals surface area (Å²) in [7, 11) is 0. The molecular formula is C16H14ClN3O2. The average Bonchev–Trinajstić information content (AvgIpc) is 2.87. The van der Waals surface area contributed by atoms with E-state index in [1.54, 1.807) is 6.07 Å². The van der Waals surface area contributed by atoms with Crippen LogP contribution in [0.2, 0.25) is 5.02 Å². The molecule has 1 atom stereocenters. The van der Waals surface area contributed by atoms with E-state index in [4.69, 9.17) is 11.6 Å². The maximum Gasteiger partial charge on any atom is 0.270 e. The number of hydrogen-bond acceptors (Lipinski definition) is 3. The van der Waals surface area contributed by atoms with Crippen LogP contribution in [0.5, 0.6) is 0 Å². The number of Topliss-reactive ketones (excluding diaryl/α,β-unsaturated/α-hetero) is 1. The van der Waals surface area contributed by atoms with Crippen LogP contribution >= 0.6 is 11.6 Å².